The van der Waals surface area contributed by atoms with Gasteiger partial charge in [0.2, 0.25) is 0 Å². The van der Waals surface area contributed by atoms with Gasteiger partial charge < -0.3 is 14.6 Å². The van der Waals surface area contributed by atoms with E-state index in [2.05, 4.69) is 0 Å². The largest absolute Gasteiger partial charge is 0.550 e. The lowest BCUT2D eigenvalue weighted by Gasteiger charge is -2.59. The first-order chi connectivity index (χ1) is 6.55. The predicted octanol–water partition coefficient (Wildman–Crippen LogP) is -0.140. The van der Waals surface area contributed by atoms with E-state index in [0.29, 0.717) is 19.3 Å². The van der Waals surface area contributed by atoms with E-state index in [4.69, 9.17) is 4.74 Å². The predicted molar refractivity (Wildman–Crippen MR) is 45.0 cm³/mol. The van der Waals surface area contributed by atoms with Crippen molar-refractivity contribution < 1.29 is 19.4 Å². The van der Waals surface area contributed by atoms with Crippen molar-refractivity contribution in [2.24, 2.45) is 10.8 Å². The molecule has 2 bridgehead atoms. The first-order valence-electron chi connectivity index (χ1n) is 4.85. The van der Waals surface area contributed by atoms with Gasteiger partial charge in [-0.3, -0.25) is 4.79 Å². The molecule has 0 N–H and O–H groups in total. The molecular weight excluding hydrogens is 184 g/mol. The van der Waals surface area contributed by atoms with Gasteiger partial charge >= 0.3 is 5.97 Å². The summed E-state index contributed by atoms with van der Waals surface area (Å²) in [6.45, 7) is 0. The Labute approximate surface area is 82.2 Å². The first-order valence-corrected chi connectivity index (χ1v) is 4.85. The molecular formula is C10H13O4-. The summed E-state index contributed by atoms with van der Waals surface area (Å²) in [6.07, 6.45) is 3.01. The number of rotatable bonds is 2. The monoisotopic (exact) mass is 197 g/mol. The fraction of sp³-hybridized carbons (Fsp3) is 0.800. The number of aliphatic carboxylic acids is 1. The lowest BCUT2D eigenvalue weighted by molar-refractivity contribution is -0.332. The molecule has 4 nitrogen and oxygen atoms in total. The molecule has 3 aliphatic carbocycles. The van der Waals surface area contributed by atoms with E-state index in [-0.39, 0.29) is 5.97 Å². The third kappa shape index (κ3) is 0.996. The van der Waals surface area contributed by atoms with Crippen LogP contribution < -0.4 is 5.11 Å². The number of carbonyl (C=O) groups is 2. The van der Waals surface area contributed by atoms with E-state index in [1.165, 1.54) is 7.11 Å². The Kier molecular flexibility index (Phi) is 1.84. The van der Waals surface area contributed by atoms with Gasteiger partial charge in [-0.15, -0.1) is 0 Å². The van der Waals surface area contributed by atoms with Gasteiger partial charge in [0.15, 0.2) is 0 Å². The molecule has 0 unspecified atom stereocenters. The molecule has 0 aromatic heterocycles. The van der Waals surface area contributed by atoms with Gasteiger partial charge in [0, 0.05) is 11.4 Å². The molecule has 0 radical (unpaired) electrons. The minimum atomic E-state index is -1.00. The van der Waals surface area contributed by atoms with Gasteiger partial charge in [0.05, 0.1) is 12.5 Å². The summed E-state index contributed by atoms with van der Waals surface area (Å²) >= 11 is 0. The van der Waals surface area contributed by atoms with Crippen LogP contribution in [0.2, 0.25) is 0 Å². The third-order valence-corrected chi connectivity index (χ3v) is 3.72. The minimum Gasteiger partial charge on any atom is -0.550 e. The van der Waals surface area contributed by atoms with Crippen molar-refractivity contribution >= 4 is 11.9 Å². The van der Waals surface area contributed by atoms with Crippen LogP contribution in [0.15, 0.2) is 0 Å². The van der Waals surface area contributed by atoms with Crippen LogP contribution in [0.3, 0.4) is 0 Å². The van der Waals surface area contributed by atoms with Crippen LogP contribution >= 0.6 is 0 Å². The van der Waals surface area contributed by atoms with Crippen LogP contribution in [0, 0.1) is 10.8 Å². The smallest absolute Gasteiger partial charge is 0.311 e. The van der Waals surface area contributed by atoms with Crippen molar-refractivity contribution in [3.63, 3.8) is 0 Å². The molecule has 0 aromatic carbocycles. The Morgan fingerprint density at radius 2 is 1.79 bits per heavy atom. The Hall–Kier alpha value is -1.06. The first kappa shape index (κ1) is 9.49. The minimum absolute atomic E-state index is 0.255. The van der Waals surface area contributed by atoms with Crippen LogP contribution in [0.4, 0.5) is 0 Å². The van der Waals surface area contributed by atoms with Crippen molar-refractivity contribution in [1.29, 1.82) is 0 Å². The lowest BCUT2D eigenvalue weighted by atomic mass is 9.46. The number of carboxylic acid groups (broad SMARTS) is 1. The third-order valence-electron chi connectivity index (χ3n) is 3.72. The van der Waals surface area contributed by atoms with Crippen molar-refractivity contribution in [2.75, 3.05) is 7.11 Å². The molecule has 0 spiro atoms. The second-order valence-corrected chi connectivity index (χ2v) is 4.55. The number of carbonyl (C=O) groups excluding carboxylic acids is 2. The Balaban J connectivity index is 2.16. The van der Waals surface area contributed by atoms with Gasteiger partial charge in [-0.25, -0.2) is 0 Å². The standard InChI is InChI=1S/C10H14O4/c1-14-8(13)10-4-2-3-9(5-10,6-10)7(11)12/h2-6H2,1H3,(H,11,12)/p-1. The molecule has 3 saturated carbocycles. The Morgan fingerprint density at radius 3 is 2.29 bits per heavy atom. The Morgan fingerprint density at radius 1 is 1.21 bits per heavy atom. The van der Waals surface area contributed by atoms with Crippen LogP contribution in [0.1, 0.15) is 32.1 Å². The second-order valence-electron chi connectivity index (χ2n) is 4.55. The summed E-state index contributed by atoms with van der Waals surface area (Å²) in [6, 6.07) is 0. The van der Waals surface area contributed by atoms with E-state index < -0.39 is 16.8 Å². The molecule has 3 fully saturated rings. The molecule has 0 aromatic rings. The van der Waals surface area contributed by atoms with Gasteiger partial charge in [0.1, 0.15) is 0 Å². The Bertz CT molecular complexity index is 288. The summed E-state index contributed by atoms with van der Waals surface area (Å²) in [4.78, 5) is 22.4. The average Bonchev–Trinajstić information content (AvgIpc) is 2.15. The second kappa shape index (κ2) is 2.72. The summed E-state index contributed by atoms with van der Waals surface area (Å²) in [5.74, 6) is -1.26. The molecule has 3 aliphatic rings. The quantitative estimate of drug-likeness (QED) is 0.578. The van der Waals surface area contributed by atoms with Gasteiger partial charge in [-0.05, 0) is 25.7 Å². The van der Waals surface area contributed by atoms with Crippen molar-refractivity contribution in [1.82, 2.24) is 0 Å². The zero-order valence-corrected chi connectivity index (χ0v) is 8.17. The maximum absolute atomic E-state index is 11.5. The highest BCUT2D eigenvalue weighted by Gasteiger charge is 2.62. The maximum atomic E-state index is 11.5. The summed E-state index contributed by atoms with van der Waals surface area (Å²) in [5.41, 5.74) is -1.24. The van der Waals surface area contributed by atoms with Crippen molar-refractivity contribution in [2.45, 2.75) is 32.1 Å². The number of hydrogen-bond acceptors (Lipinski definition) is 4. The molecule has 78 valence electrons. The summed E-state index contributed by atoms with van der Waals surface area (Å²) < 4.78 is 4.70. The van der Waals surface area contributed by atoms with E-state index in [0.717, 1.165) is 12.8 Å². The fourth-order valence-corrected chi connectivity index (χ4v) is 3.07. The van der Waals surface area contributed by atoms with E-state index in [1.54, 1.807) is 0 Å². The zero-order chi connectivity index (χ0) is 10.4. The molecule has 14 heavy (non-hydrogen) atoms. The van der Waals surface area contributed by atoms with Crippen LogP contribution in [-0.4, -0.2) is 19.0 Å². The van der Waals surface area contributed by atoms with Crippen LogP contribution in [-0.2, 0) is 14.3 Å². The molecule has 0 atom stereocenters. The molecule has 3 rings (SSSR count). The van der Waals surface area contributed by atoms with Gasteiger partial charge in [0.25, 0.3) is 0 Å². The number of fused-ring (bicyclic) bond motifs is 2. The van der Waals surface area contributed by atoms with Gasteiger partial charge in [-0.2, -0.15) is 0 Å². The molecule has 0 saturated heterocycles. The van der Waals surface area contributed by atoms with Crippen molar-refractivity contribution in [3.8, 4) is 0 Å². The SMILES string of the molecule is COC(=O)C12CCCC(C(=O)[O-])(C1)C2. The topological polar surface area (TPSA) is 66.4 Å². The average molecular weight is 197 g/mol. The maximum Gasteiger partial charge on any atom is 0.311 e. The van der Waals surface area contributed by atoms with E-state index in [1.807, 2.05) is 0 Å². The van der Waals surface area contributed by atoms with Gasteiger partial charge in [-0.1, -0.05) is 6.42 Å². The highest BCUT2D eigenvalue weighted by molar-refractivity contribution is 5.84. The molecule has 0 amide bonds. The summed E-state index contributed by atoms with van der Waals surface area (Å²) in [5, 5.41) is 10.9. The fourth-order valence-electron chi connectivity index (χ4n) is 3.07. The number of methoxy groups -OCH3 is 1. The lowest BCUT2D eigenvalue weighted by Crippen LogP contribution is -2.61. The molecule has 0 heterocycles. The van der Waals surface area contributed by atoms with Crippen molar-refractivity contribution in [3.05, 3.63) is 0 Å². The molecule has 4 heteroatoms. The number of carboxylic acids is 1. The highest BCUT2D eigenvalue weighted by Crippen LogP contribution is 2.63. The normalized spacial score (nSPS) is 39.8. The van der Waals surface area contributed by atoms with E-state index in [9.17, 15) is 14.7 Å². The van der Waals surface area contributed by atoms with E-state index >= 15 is 0 Å². The number of esters is 1. The number of ether oxygens (including phenoxy) is 1. The summed E-state index contributed by atoms with van der Waals surface area (Å²) in [7, 11) is 1.35. The van der Waals surface area contributed by atoms with Crippen LogP contribution in [0.5, 0.6) is 0 Å². The van der Waals surface area contributed by atoms with Crippen LogP contribution in [0.25, 0.3) is 0 Å². The number of hydrogen-bond donors (Lipinski definition) is 0. The zero-order valence-electron chi connectivity index (χ0n) is 8.17. The molecule has 0 aliphatic heterocycles. The highest BCUT2D eigenvalue weighted by atomic mass is 16.5.